The highest BCUT2D eigenvalue weighted by Crippen LogP contribution is 2.30. The molecule has 0 aliphatic rings. The van der Waals surface area contributed by atoms with Crippen LogP contribution in [0, 0.1) is 0 Å². The standard InChI is InChI=1S/C25H29N3O3S/c1-18(19-9-6-5-7-10-19)28(25(30)23-11-8-14-32-23)16-20-15-21(26-24(29)17-31-4)12-13-22(20)27(2)3/h5-15,18H,16-17H2,1-4H3,(H,26,29)/t18-/m1/s1. The van der Waals surface area contributed by atoms with E-state index in [0.717, 1.165) is 16.8 Å². The molecule has 3 rings (SSSR count). The van der Waals surface area contributed by atoms with Crippen LogP contribution in [-0.4, -0.2) is 44.5 Å². The smallest absolute Gasteiger partial charge is 0.264 e. The topological polar surface area (TPSA) is 61.9 Å². The fourth-order valence-corrected chi connectivity index (χ4v) is 4.25. The molecule has 168 valence electrons. The summed E-state index contributed by atoms with van der Waals surface area (Å²) in [7, 11) is 5.42. The number of carbonyl (C=O) groups is 2. The number of rotatable bonds is 9. The van der Waals surface area contributed by atoms with E-state index >= 15 is 0 Å². The lowest BCUT2D eigenvalue weighted by Crippen LogP contribution is -2.33. The second-order valence-electron chi connectivity index (χ2n) is 7.72. The Balaban J connectivity index is 1.98. The molecule has 0 saturated carbocycles. The van der Waals surface area contributed by atoms with Crippen LogP contribution in [0.4, 0.5) is 11.4 Å². The maximum atomic E-state index is 13.5. The summed E-state index contributed by atoms with van der Waals surface area (Å²) >= 11 is 1.44. The lowest BCUT2D eigenvalue weighted by molar-refractivity contribution is -0.119. The summed E-state index contributed by atoms with van der Waals surface area (Å²) in [5.41, 5.74) is 3.66. The maximum Gasteiger partial charge on any atom is 0.264 e. The van der Waals surface area contributed by atoms with Crippen molar-refractivity contribution < 1.29 is 14.3 Å². The van der Waals surface area contributed by atoms with Gasteiger partial charge in [-0.1, -0.05) is 36.4 Å². The average Bonchev–Trinajstić information content (AvgIpc) is 3.32. The highest BCUT2D eigenvalue weighted by molar-refractivity contribution is 7.12. The number of nitrogens with zero attached hydrogens (tertiary/aromatic N) is 2. The van der Waals surface area contributed by atoms with Crippen molar-refractivity contribution >= 4 is 34.5 Å². The number of hydrogen-bond acceptors (Lipinski definition) is 5. The molecular weight excluding hydrogens is 422 g/mol. The minimum absolute atomic E-state index is 0.0151. The summed E-state index contributed by atoms with van der Waals surface area (Å²) in [6, 6.07) is 19.4. The molecule has 3 aromatic rings. The van der Waals surface area contributed by atoms with Gasteiger partial charge in [0.05, 0.1) is 10.9 Å². The van der Waals surface area contributed by atoms with Gasteiger partial charge in [-0.3, -0.25) is 9.59 Å². The maximum absolute atomic E-state index is 13.5. The van der Waals surface area contributed by atoms with E-state index in [2.05, 4.69) is 5.32 Å². The van der Waals surface area contributed by atoms with Crippen molar-refractivity contribution in [3.8, 4) is 0 Å². The molecule has 2 amide bonds. The third-order valence-corrected chi connectivity index (χ3v) is 6.06. The Labute approximate surface area is 193 Å². The third kappa shape index (κ3) is 5.75. The first kappa shape index (κ1) is 23.5. The van der Waals surface area contributed by atoms with Crippen molar-refractivity contribution in [2.24, 2.45) is 0 Å². The normalized spacial score (nSPS) is 11.6. The van der Waals surface area contributed by atoms with Crippen molar-refractivity contribution in [2.45, 2.75) is 19.5 Å². The van der Waals surface area contributed by atoms with Gasteiger partial charge in [-0.25, -0.2) is 0 Å². The van der Waals surface area contributed by atoms with Gasteiger partial charge in [0.15, 0.2) is 0 Å². The Morgan fingerprint density at radius 2 is 1.81 bits per heavy atom. The molecule has 0 aliphatic carbocycles. The van der Waals surface area contributed by atoms with Crippen LogP contribution >= 0.6 is 11.3 Å². The monoisotopic (exact) mass is 451 g/mol. The summed E-state index contributed by atoms with van der Waals surface area (Å²) < 4.78 is 4.91. The highest BCUT2D eigenvalue weighted by atomic mass is 32.1. The first-order valence-corrected chi connectivity index (χ1v) is 11.3. The van der Waals surface area contributed by atoms with E-state index in [4.69, 9.17) is 4.74 Å². The van der Waals surface area contributed by atoms with Crippen molar-refractivity contribution in [3.63, 3.8) is 0 Å². The Bertz CT molecular complexity index is 1040. The summed E-state index contributed by atoms with van der Waals surface area (Å²) in [5.74, 6) is -0.241. The number of benzene rings is 2. The largest absolute Gasteiger partial charge is 0.377 e. The van der Waals surface area contributed by atoms with Gasteiger partial charge in [0.1, 0.15) is 6.61 Å². The van der Waals surface area contributed by atoms with Gasteiger partial charge in [0, 0.05) is 39.1 Å². The van der Waals surface area contributed by atoms with Gasteiger partial charge in [-0.05, 0) is 47.7 Å². The van der Waals surface area contributed by atoms with Gasteiger partial charge in [-0.15, -0.1) is 11.3 Å². The number of hydrogen-bond donors (Lipinski definition) is 1. The first-order valence-electron chi connectivity index (χ1n) is 10.4. The molecule has 1 aromatic heterocycles. The molecule has 0 fully saturated rings. The van der Waals surface area contributed by atoms with Crippen LogP contribution in [0.5, 0.6) is 0 Å². The summed E-state index contributed by atoms with van der Waals surface area (Å²) in [4.78, 5) is 30.1. The Morgan fingerprint density at radius 1 is 1.06 bits per heavy atom. The van der Waals surface area contributed by atoms with Crippen LogP contribution in [0.25, 0.3) is 0 Å². The van der Waals surface area contributed by atoms with E-state index in [0.29, 0.717) is 17.1 Å². The molecule has 7 heteroatoms. The van der Waals surface area contributed by atoms with E-state index in [-0.39, 0.29) is 24.5 Å². The fourth-order valence-electron chi connectivity index (χ4n) is 3.58. The molecule has 32 heavy (non-hydrogen) atoms. The minimum atomic E-state index is -0.222. The second-order valence-corrected chi connectivity index (χ2v) is 8.66. The van der Waals surface area contributed by atoms with Crippen LogP contribution in [0.15, 0.2) is 66.0 Å². The number of amides is 2. The number of ether oxygens (including phenoxy) is 1. The molecule has 2 aromatic carbocycles. The van der Waals surface area contributed by atoms with Crippen molar-refractivity contribution in [2.75, 3.05) is 38.0 Å². The summed E-state index contributed by atoms with van der Waals surface area (Å²) in [5, 5.41) is 4.77. The van der Waals surface area contributed by atoms with E-state index in [1.165, 1.54) is 18.4 Å². The highest BCUT2D eigenvalue weighted by Gasteiger charge is 2.25. The zero-order chi connectivity index (χ0) is 23.1. The molecule has 0 saturated heterocycles. The Kier molecular flexibility index (Phi) is 8.03. The molecule has 0 unspecified atom stereocenters. The van der Waals surface area contributed by atoms with Gasteiger partial charge >= 0.3 is 0 Å². The van der Waals surface area contributed by atoms with Crippen LogP contribution < -0.4 is 10.2 Å². The lowest BCUT2D eigenvalue weighted by Gasteiger charge is -2.31. The molecule has 1 heterocycles. The molecule has 0 aliphatic heterocycles. The summed E-state index contributed by atoms with van der Waals surface area (Å²) in [6.07, 6.45) is 0. The molecule has 0 bridgehead atoms. The molecule has 0 spiro atoms. The lowest BCUT2D eigenvalue weighted by atomic mass is 10.0. The van der Waals surface area contributed by atoms with E-state index in [1.54, 1.807) is 0 Å². The van der Waals surface area contributed by atoms with E-state index in [1.807, 2.05) is 96.9 Å². The molecule has 0 radical (unpaired) electrons. The number of nitrogens with one attached hydrogen (secondary N) is 1. The van der Waals surface area contributed by atoms with Gasteiger partial charge < -0.3 is 19.9 Å². The van der Waals surface area contributed by atoms with Crippen molar-refractivity contribution in [1.29, 1.82) is 0 Å². The molecular formula is C25H29N3O3S. The number of carbonyl (C=O) groups excluding carboxylic acids is 2. The zero-order valence-corrected chi connectivity index (χ0v) is 19.7. The molecule has 1 N–H and O–H groups in total. The van der Waals surface area contributed by atoms with Crippen molar-refractivity contribution in [3.05, 3.63) is 82.0 Å². The zero-order valence-electron chi connectivity index (χ0n) is 18.9. The number of methoxy groups -OCH3 is 1. The number of anilines is 2. The second kappa shape index (κ2) is 10.9. The summed E-state index contributed by atoms with van der Waals surface area (Å²) in [6.45, 7) is 2.42. The van der Waals surface area contributed by atoms with Gasteiger partial charge in [-0.2, -0.15) is 0 Å². The minimum Gasteiger partial charge on any atom is -0.377 e. The first-order chi connectivity index (χ1) is 15.4. The fraction of sp³-hybridized carbons (Fsp3) is 0.280. The quantitative estimate of drug-likeness (QED) is 0.508. The molecule has 6 nitrogen and oxygen atoms in total. The van der Waals surface area contributed by atoms with Crippen LogP contribution in [-0.2, 0) is 16.1 Å². The van der Waals surface area contributed by atoms with Gasteiger partial charge in [0.25, 0.3) is 5.91 Å². The van der Waals surface area contributed by atoms with E-state index in [9.17, 15) is 9.59 Å². The van der Waals surface area contributed by atoms with Crippen LogP contribution in [0.1, 0.15) is 33.8 Å². The third-order valence-electron chi connectivity index (χ3n) is 5.20. The Morgan fingerprint density at radius 3 is 2.44 bits per heavy atom. The van der Waals surface area contributed by atoms with Crippen LogP contribution in [0.3, 0.4) is 0 Å². The van der Waals surface area contributed by atoms with Gasteiger partial charge in [0.2, 0.25) is 5.91 Å². The van der Waals surface area contributed by atoms with E-state index < -0.39 is 0 Å². The predicted octanol–water partition coefficient (Wildman–Crippen LogP) is 4.80. The predicted molar refractivity (Wildman–Crippen MR) is 130 cm³/mol. The van der Waals surface area contributed by atoms with Crippen LogP contribution in [0.2, 0.25) is 0 Å². The molecule has 1 atom stereocenters. The average molecular weight is 452 g/mol. The SMILES string of the molecule is COCC(=O)Nc1ccc(N(C)C)c(CN(C(=O)c2cccs2)[C@H](C)c2ccccc2)c1. The Hall–Kier alpha value is -3.16. The van der Waals surface area contributed by atoms with Crippen molar-refractivity contribution in [1.82, 2.24) is 4.90 Å². The number of thiophene rings is 1.